The van der Waals surface area contributed by atoms with Gasteiger partial charge in [0.15, 0.2) is 11.6 Å². The summed E-state index contributed by atoms with van der Waals surface area (Å²) in [5, 5.41) is 17.4. The first-order valence-electron chi connectivity index (χ1n) is 10.3. The Balaban J connectivity index is 1.87. The van der Waals surface area contributed by atoms with Crippen molar-refractivity contribution in [1.29, 1.82) is 0 Å². The summed E-state index contributed by atoms with van der Waals surface area (Å²) >= 11 is 0. The largest absolute Gasteiger partial charge is 0.481 e. The van der Waals surface area contributed by atoms with Crippen LogP contribution in [0.5, 0.6) is 0 Å². The van der Waals surface area contributed by atoms with Crippen molar-refractivity contribution in [2.24, 2.45) is 0 Å². The van der Waals surface area contributed by atoms with E-state index in [2.05, 4.69) is 10.2 Å². The molecule has 6 nitrogen and oxygen atoms in total. The number of ether oxygens (including phenoxy) is 1. The summed E-state index contributed by atoms with van der Waals surface area (Å²) < 4.78 is 50.6. The molecule has 2 aromatic heterocycles. The number of nitrogens with zero attached hydrogens (tertiary/aromatic N) is 2. The molecule has 1 atom stereocenters. The molecule has 2 N–H and O–H groups in total. The molecule has 0 saturated carbocycles. The van der Waals surface area contributed by atoms with Crippen LogP contribution in [0.1, 0.15) is 42.6 Å². The number of carbonyl (C=O) groups is 1. The minimum absolute atomic E-state index is 0.136. The Hall–Kier alpha value is -3.33. The molecule has 1 saturated heterocycles. The predicted molar refractivity (Wildman–Crippen MR) is 112 cm³/mol. The van der Waals surface area contributed by atoms with Gasteiger partial charge >= 0.3 is 5.97 Å². The molecule has 9 heteroatoms. The van der Waals surface area contributed by atoms with Crippen molar-refractivity contribution in [3.8, 4) is 5.69 Å². The third-order valence-electron chi connectivity index (χ3n) is 6.04. The van der Waals surface area contributed by atoms with Gasteiger partial charge in [0.1, 0.15) is 6.17 Å². The third-order valence-corrected chi connectivity index (χ3v) is 6.04. The molecular formula is C23H20F3N3O3. The molecule has 1 fully saturated rings. The van der Waals surface area contributed by atoms with Gasteiger partial charge in [0.05, 0.1) is 23.7 Å². The summed E-state index contributed by atoms with van der Waals surface area (Å²) in [7, 11) is 0. The Bertz CT molecular complexity index is 1320. The monoisotopic (exact) mass is 443 g/mol. The highest BCUT2D eigenvalue weighted by Crippen LogP contribution is 2.44. The fourth-order valence-electron chi connectivity index (χ4n) is 4.63. The molecule has 166 valence electrons. The Morgan fingerprint density at radius 2 is 2.00 bits per heavy atom. The van der Waals surface area contributed by atoms with Gasteiger partial charge < -0.3 is 14.4 Å². The topological polar surface area (TPSA) is 80.1 Å². The zero-order valence-corrected chi connectivity index (χ0v) is 16.9. The molecule has 0 bridgehead atoms. The maximum Gasteiger partial charge on any atom is 0.306 e. The summed E-state index contributed by atoms with van der Waals surface area (Å²) in [5.41, 5.74) is 2.42. The fourth-order valence-corrected chi connectivity index (χ4v) is 4.63. The summed E-state index contributed by atoms with van der Waals surface area (Å²) in [6.07, 6.45) is 0.349. The molecule has 32 heavy (non-hydrogen) atoms. The molecule has 2 aromatic carbocycles. The van der Waals surface area contributed by atoms with Gasteiger partial charge in [-0.25, -0.2) is 13.2 Å². The number of halogens is 3. The van der Waals surface area contributed by atoms with Crippen LogP contribution in [0.25, 0.3) is 27.5 Å². The highest BCUT2D eigenvalue weighted by molar-refractivity contribution is 5.99. The lowest BCUT2D eigenvalue weighted by Crippen LogP contribution is -2.19. The molecule has 5 rings (SSSR count). The summed E-state index contributed by atoms with van der Waals surface area (Å²) in [6.45, 7) is 0.952. The van der Waals surface area contributed by atoms with Crippen molar-refractivity contribution in [3.05, 3.63) is 59.4 Å². The van der Waals surface area contributed by atoms with Gasteiger partial charge in [-0.1, -0.05) is 0 Å². The zero-order valence-electron chi connectivity index (χ0n) is 16.9. The van der Waals surface area contributed by atoms with E-state index in [-0.39, 0.29) is 11.5 Å². The van der Waals surface area contributed by atoms with E-state index >= 15 is 4.39 Å². The number of nitrogens with one attached hydrogen (secondary N) is 1. The first kappa shape index (κ1) is 20.6. The number of carboxylic acids is 1. The van der Waals surface area contributed by atoms with Gasteiger partial charge in [-0.15, -0.1) is 0 Å². The number of fused-ring (bicyclic) bond motifs is 2. The number of H-pyrrole nitrogens is 1. The molecule has 0 radical (unpaired) electrons. The molecule has 4 aromatic rings. The van der Waals surface area contributed by atoms with E-state index in [9.17, 15) is 18.7 Å². The first-order chi connectivity index (χ1) is 15.4. The maximum absolute atomic E-state index is 15.5. The summed E-state index contributed by atoms with van der Waals surface area (Å²) in [6, 6.07) is 7.08. The molecule has 0 aliphatic carbocycles. The second-order valence-corrected chi connectivity index (χ2v) is 8.01. The summed E-state index contributed by atoms with van der Waals surface area (Å²) in [5.74, 6) is -3.39. The quantitative estimate of drug-likeness (QED) is 0.446. The van der Waals surface area contributed by atoms with E-state index in [1.165, 1.54) is 6.07 Å². The van der Waals surface area contributed by atoms with Gasteiger partial charge in [0.25, 0.3) is 0 Å². The lowest BCUT2D eigenvalue weighted by atomic mass is 9.90. The van der Waals surface area contributed by atoms with E-state index in [1.807, 2.05) is 0 Å². The van der Waals surface area contributed by atoms with Crippen LogP contribution < -0.4 is 0 Å². The molecule has 0 spiro atoms. The number of benzene rings is 2. The number of aromatic nitrogens is 3. The van der Waals surface area contributed by atoms with Gasteiger partial charge in [-0.2, -0.15) is 5.10 Å². The van der Waals surface area contributed by atoms with Crippen LogP contribution in [0.15, 0.2) is 36.5 Å². The number of hydrogen-bond donors (Lipinski definition) is 2. The van der Waals surface area contributed by atoms with E-state index < -0.39 is 30.2 Å². The van der Waals surface area contributed by atoms with Crippen molar-refractivity contribution in [3.63, 3.8) is 0 Å². The van der Waals surface area contributed by atoms with Gasteiger partial charge in [0.2, 0.25) is 0 Å². The van der Waals surface area contributed by atoms with E-state index in [1.54, 1.807) is 22.9 Å². The Kier molecular flexibility index (Phi) is 5.13. The van der Waals surface area contributed by atoms with Gasteiger partial charge in [-0.3, -0.25) is 9.89 Å². The molecule has 0 amide bonds. The van der Waals surface area contributed by atoms with Crippen molar-refractivity contribution < 1.29 is 27.8 Å². The Morgan fingerprint density at radius 1 is 1.22 bits per heavy atom. The number of alkyl halides is 1. The van der Waals surface area contributed by atoms with Crippen molar-refractivity contribution in [1.82, 2.24) is 14.8 Å². The number of aromatic amines is 1. The van der Waals surface area contributed by atoms with Crippen LogP contribution in [0.4, 0.5) is 13.2 Å². The van der Waals surface area contributed by atoms with Crippen LogP contribution >= 0.6 is 0 Å². The minimum atomic E-state index is -1.78. The molecule has 1 aliphatic rings. The highest BCUT2D eigenvalue weighted by atomic mass is 19.2. The Morgan fingerprint density at radius 3 is 2.72 bits per heavy atom. The molecule has 1 aliphatic heterocycles. The van der Waals surface area contributed by atoms with Crippen molar-refractivity contribution in [2.75, 3.05) is 13.2 Å². The SMILES string of the molecule is O=C(O)C[C@H](F)c1c(C2CCOCC2)n(-c2ccc(F)c(F)c2)c2cc3cn[nH]c3cc12. The van der Waals surface area contributed by atoms with Gasteiger partial charge in [0, 0.05) is 52.9 Å². The molecule has 0 unspecified atom stereocenters. The normalized spacial score (nSPS) is 16.1. The summed E-state index contributed by atoms with van der Waals surface area (Å²) in [4.78, 5) is 11.4. The lowest BCUT2D eigenvalue weighted by molar-refractivity contribution is -0.138. The lowest BCUT2D eigenvalue weighted by Gasteiger charge is -2.26. The van der Waals surface area contributed by atoms with Crippen LogP contribution in [0.3, 0.4) is 0 Å². The Labute approximate surface area is 180 Å². The molecular weight excluding hydrogens is 423 g/mol. The van der Waals surface area contributed by atoms with Crippen LogP contribution in [0, 0.1) is 11.6 Å². The second-order valence-electron chi connectivity index (χ2n) is 8.01. The average molecular weight is 443 g/mol. The van der Waals surface area contributed by atoms with E-state index in [0.717, 1.165) is 17.5 Å². The third kappa shape index (κ3) is 3.42. The van der Waals surface area contributed by atoms with Crippen LogP contribution in [0.2, 0.25) is 0 Å². The van der Waals surface area contributed by atoms with Crippen molar-refractivity contribution in [2.45, 2.75) is 31.4 Å². The van der Waals surface area contributed by atoms with E-state index in [4.69, 9.17) is 4.74 Å². The number of carboxylic acid groups (broad SMARTS) is 1. The number of hydrogen-bond acceptors (Lipinski definition) is 3. The fraction of sp³-hybridized carbons (Fsp3) is 0.304. The first-order valence-corrected chi connectivity index (χ1v) is 10.3. The second kappa shape index (κ2) is 7.98. The average Bonchev–Trinajstić information content (AvgIpc) is 3.36. The number of rotatable bonds is 5. The highest BCUT2D eigenvalue weighted by Gasteiger charge is 2.32. The minimum Gasteiger partial charge on any atom is -0.481 e. The van der Waals surface area contributed by atoms with E-state index in [0.29, 0.717) is 53.9 Å². The smallest absolute Gasteiger partial charge is 0.306 e. The maximum atomic E-state index is 15.5. The van der Waals surface area contributed by atoms with Crippen LogP contribution in [-0.2, 0) is 9.53 Å². The van der Waals surface area contributed by atoms with Gasteiger partial charge in [-0.05, 0) is 37.1 Å². The zero-order chi connectivity index (χ0) is 22.4. The van der Waals surface area contributed by atoms with Crippen molar-refractivity contribution >= 4 is 27.8 Å². The molecule has 3 heterocycles. The number of aliphatic carboxylic acids is 1. The predicted octanol–water partition coefficient (Wildman–Crippen LogP) is 5.16. The standard InChI is InChI=1S/C23H20F3N3O3/c24-16-2-1-14(8-17(16)25)29-20-7-13-11-27-28-19(13)9-15(20)22(18(26)10-21(30)31)23(29)12-3-5-32-6-4-12/h1-2,7-9,11-12,18H,3-6,10H2,(H,27,28)(H,30,31)/t18-/m0/s1. The van der Waals surface area contributed by atoms with Crippen LogP contribution in [-0.4, -0.2) is 39.1 Å².